The first-order valence-corrected chi connectivity index (χ1v) is 10.4. The predicted octanol–water partition coefficient (Wildman–Crippen LogP) is 2.19. The quantitative estimate of drug-likeness (QED) is 0.809. The Bertz CT molecular complexity index is 776. The molecule has 1 unspecified atom stereocenters. The van der Waals surface area contributed by atoms with E-state index < -0.39 is 21.8 Å². The fourth-order valence-electron chi connectivity index (χ4n) is 3.61. The number of carboxylic acids is 1. The highest BCUT2D eigenvalue weighted by Gasteiger charge is 2.59. The third-order valence-electron chi connectivity index (χ3n) is 5.30. The molecule has 2 atom stereocenters. The number of benzene rings is 1. The number of nitrogens with one attached hydrogen (secondary N) is 1. The summed E-state index contributed by atoms with van der Waals surface area (Å²) in [6.45, 7) is 0. The molecule has 25 heavy (non-hydrogen) atoms. The minimum absolute atomic E-state index is 0.131. The van der Waals surface area contributed by atoms with Gasteiger partial charge in [0.1, 0.15) is 9.84 Å². The first-order chi connectivity index (χ1) is 11.7. The normalized spacial score (nSPS) is 24.4. The number of amides is 1. The van der Waals surface area contributed by atoms with E-state index >= 15 is 0 Å². The van der Waals surface area contributed by atoms with Crippen molar-refractivity contribution in [3.8, 4) is 0 Å². The monoisotopic (exact) mass is 385 g/mol. The van der Waals surface area contributed by atoms with Crippen LogP contribution in [0, 0.1) is 11.3 Å². The van der Waals surface area contributed by atoms with Gasteiger partial charge in [-0.15, -0.1) is 0 Å². The van der Waals surface area contributed by atoms with Crippen LogP contribution < -0.4 is 5.32 Å². The molecule has 1 saturated carbocycles. The molecule has 1 saturated heterocycles. The van der Waals surface area contributed by atoms with E-state index in [2.05, 4.69) is 5.32 Å². The topological polar surface area (TPSA) is 101 Å². The third-order valence-corrected chi connectivity index (χ3v) is 7.20. The minimum atomic E-state index is -2.97. The van der Waals surface area contributed by atoms with Crippen LogP contribution in [0.4, 0.5) is 0 Å². The molecule has 1 aromatic carbocycles. The summed E-state index contributed by atoms with van der Waals surface area (Å²) in [5.41, 5.74) is 0.462. The predicted molar refractivity (Wildman–Crippen MR) is 93.0 cm³/mol. The number of carbonyl (C=O) groups excluding carboxylic acids is 1. The van der Waals surface area contributed by atoms with Crippen molar-refractivity contribution in [2.45, 2.75) is 31.7 Å². The van der Waals surface area contributed by atoms with Crippen LogP contribution in [0.3, 0.4) is 0 Å². The molecule has 0 bridgehead atoms. The summed E-state index contributed by atoms with van der Waals surface area (Å²) in [6, 6.07) is 6.08. The van der Waals surface area contributed by atoms with Gasteiger partial charge in [0.25, 0.3) is 0 Å². The molecule has 136 valence electrons. The second kappa shape index (κ2) is 6.61. The molecule has 3 rings (SSSR count). The number of hydrogen-bond acceptors (Lipinski definition) is 4. The molecule has 1 heterocycles. The summed E-state index contributed by atoms with van der Waals surface area (Å²) in [7, 11) is -2.97. The zero-order valence-corrected chi connectivity index (χ0v) is 15.1. The van der Waals surface area contributed by atoms with Crippen LogP contribution in [0.25, 0.3) is 0 Å². The maximum atomic E-state index is 12.6. The Labute approximate surface area is 151 Å². The van der Waals surface area contributed by atoms with Gasteiger partial charge in [-0.3, -0.25) is 9.59 Å². The Hall–Kier alpha value is -1.60. The fraction of sp³-hybridized carbons (Fsp3) is 0.529. The van der Waals surface area contributed by atoms with Gasteiger partial charge in [-0.25, -0.2) is 8.42 Å². The largest absolute Gasteiger partial charge is 0.481 e. The molecule has 2 aliphatic rings. The number of aliphatic carboxylic acids is 1. The third kappa shape index (κ3) is 4.15. The molecule has 2 fully saturated rings. The Morgan fingerprint density at radius 3 is 2.40 bits per heavy atom. The molecule has 1 spiro atoms. The number of halogens is 1. The average Bonchev–Trinajstić information content (AvgIpc) is 3.25. The van der Waals surface area contributed by atoms with Crippen LogP contribution in [0.15, 0.2) is 24.3 Å². The van der Waals surface area contributed by atoms with E-state index in [-0.39, 0.29) is 35.2 Å². The zero-order chi connectivity index (χ0) is 18.2. The average molecular weight is 386 g/mol. The highest BCUT2D eigenvalue weighted by Crippen LogP contribution is 2.59. The standard InChI is InChI=1S/C17H20ClNO5S/c18-12-3-1-11(2-4-12)14(9-15(20)21)19-16(22)13-10-17(13)5-7-25(23,24)8-6-17/h1-4,13-14H,5-10H2,(H,19,22)(H,20,21)/t13?,14-/m0/s1. The number of hydrogen-bond donors (Lipinski definition) is 2. The Balaban J connectivity index is 1.67. The lowest BCUT2D eigenvalue weighted by Gasteiger charge is -2.23. The second-order valence-electron chi connectivity index (χ2n) is 6.98. The van der Waals surface area contributed by atoms with Crippen LogP contribution in [-0.2, 0) is 19.4 Å². The molecule has 0 radical (unpaired) electrons. The minimum Gasteiger partial charge on any atom is -0.481 e. The molecule has 8 heteroatoms. The van der Waals surface area contributed by atoms with Gasteiger partial charge in [0.15, 0.2) is 0 Å². The van der Waals surface area contributed by atoms with Gasteiger partial charge >= 0.3 is 5.97 Å². The van der Waals surface area contributed by atoms with Crippen molar-refractivity contribution in [1.82, 2.24) is 5.32 Å². The molecule has 1 aromatic rings. The summed E-state index contributed by atoms with van der Waals surface area (Å²) < 4.78 is 23.2. The first kappa shape index (κ1) is 18.2. The van der Waals surface area contributed by atoms with Gasteiger partial charge < -0.3 is 10.4 Å². The molecule has 6 nitrogen and oxygen atoms in total. The summed E-state index contributed by atoms with van der Waals surface area (Å²) in [6.07, 6.45) is 1.48. The Morgan fingerprint density at radius 1 is 1.24 bits per heavy atom. The Kier molecular flexibility index (Phi) is 4.81. The van der Waals surface area contributed by atoms with E-state index in [4.69, 9.17) is 16.7 Å². The van der Waals surface area contributed by atoms with Crippen molar-refractivity contribution in [3.05, 3.63) is 34.9 Å². The SMILES string of the molecule is O=C(O)C[C@H](NC(=O)C1CC12CCS(=O)(=O)CC2)c1ccc(Cl)cc1. The lowest BCUT2D eigenvalue weighted by Crippen LogP contribution is -2.34. The first-order valence-electron chi connectivity index (χ1n) is 8.19. The summed E-state index contributed by atoms with van der Waals surface area (Å²) in [4.78, 5) is 23.7. The molecule has 0 aromatic heterocycles. The zero-order valence-electron chi connectivity index (χ0n) is 13.6. The fourth-order valence-corrected chi connectivity index (χ4v) is 5.37. The van der Waals surface area contributed by atoms with Gasteiger partial charge in [-0.2, -0.15) is 0 Å². The summed E-state index contributed by atoms with van der Waals surface area (Å²) in [5, 5.41) is 12.5. The van der Waals surface area contributed by atoms with Crippen molar-refractivity contribution in [1.29, 1.82) is 0 Å². The van der Waals surface area contributed by atoms with Crippen molar-refractivity contribution in [2.75, 3.05) is 11.5 Å². The Morgan fingerprint density at radius 2 is 1.84 bits per heavy atom. The van der Waals surface area contributed by atoms with Crippen molar-refractivity contribution in [3.63, 3.8) is 0 Å². The van der Waals surface area contributed by atoms with Crippen molar-refractivity contribution in [2.24, 2.45) is 11.3 Å². The van der Waals surface area contributed by atoms with Crippen LogP contribution >= 0.6 is 11.6 Å². The highest BCUT2D eigenvalue weighted by molar-refractivity contribution is 7.91. The van der Waals surface area contributed by atoms with Gasteiger partial charge in [0.2, 0.25) is 5.91 Å². The molecule has 1 aliphatic heterocycles. The lowest BCUT2D eigenvalue weighted by atomic mass is 9.95. The summed E-state index contributed by atoms with van der Waals surface area (Å²) in [5.74, 6) is -1.17. The van der Waals surface area contributed by atoms with Crippen LogP contribution in [0.1, 0.15) is 37.3 Å². The van der Waals surface area contributed by atoms with Crippen molar-refractivity contribution < 1.29 is 23.1 Å². The number of carbonyl (C=O) groups is 2. The maximum Gasteiger partial charge on any atom is 0.305 e. The number of sulfone groups is 1. The lowest BCUT2D eigenvalue weighted by molar-refractivity contribution is -0.137. The van der Waals surface area contributed by atoms with E-state index in [1.165, 1.54) is 0 Å². The second-order valence-corrected chi connectivity index (χ2v) is 9.72. The molecule has 1 aliphatic carbocycles. The highest BCUT2D eigenvalue weighted by atomic mass is 35.5. The van der Waals surface area contributed by atoms with E-state index in [0.29, 0.717) is 29.8 Å². The van der Waals surface area contributed by atoms with Crippen LogP contribution in [0.2, 0.25) is 5.02 Å². The van der Waals surface area contributed by atoms with E-state index in [9.17, 15) is 18.0 Å². The van der Waals surface area contributed by atoms with E-state index in [1.54, 1.807) is 24.3 Å². The van der Waals surface area contributed by atoms with Gasteiger partial charge in [-0.1, -0.05) is 23.7 Å². The summed E-state index contributed by atoms with van der Waals surface area (Å²) >= 11 is 5.86. The number of rotatable bonds is 5. The molecule has 1 amide bonds. The van der Waals surface area contributed by atoms with Gasteiger partial charge in [0.05, 0.1) is 24.0 Å². The van der Waals surface area contributed by atoms with Crippen LogP contribution in [0.5, 0.6) is 0 Å². The molecular formula is C17H20ClNO5S. The van der Waals surface area contributed by atoms with Gasteiger partial charge in [0, 0.05) is 10.9 Å². The number of carboxylic acid groups (broad SMARTS) is 1. The van der Waals surface area contributed by atoms with E-state index in [1.807, 2.05) is 0 Å². The maximum absolute atomic E-state index is 12.6. The van der Waals surface area contributed by atoms with Gasteiger partial charge in [-0.05, 0) is 42.4 Å². The van der Waals surface area contributed by atoms with Crippen molar-refractivity contribution >= 4 is 33.3 Å². The van der Waals surface area contributed by atoms with Crippen LogP contribution in [-0.4, -0.2) is 36.9 Å². The molecular weight excluding hydrogens is 366 g/mol. The van der Waals surface area contributed by atoms with E-state index in [0.717, 1.165) is 0 Å². The smallest absolute Gasteiger partial charge is 0.305 e. The molecule has 2 N–H and O–H groups in total.